The number of hydrazine groups is 2. The summed E-state index contributed by atoms with van der Waals surface area (Å²) in [5, 5.41) is 1.88. The van der Waals surface area contributed by atoms with E-state index in [2.05, 4.69) is 4.98 Å². The minimum absolute atomic E-state index is 0.572. The van der Waals surface area contributed by atoms with Crippen molar-refractivity contribution in [3.63, 3.8) is 0 Å². The van der Waals surface area contributed by atoms with Gasteiger partial charge in [0.05, 0.1) is 5.69 Å². The Morgan fingerprint density at radius 1 is 1.38 bits per heavy atom. The third-order valence-electron chi connectivity index (χ3n) is 2.93. The number of nitrogens with one attached hydrogen (secondary N) is 1. The van der Waals surface area contributed by atoms with Crippen LogP contribution < -0.4 is 22.1 Å². The van der Waals surface area contributed by atoms with Gasteiger partial charge in [-0.15, -0.1) is 11.3 Å². The van der Waals surface area contributed by atoms with Crippen LogP contribution in [0.2, 0.25) is 0 Å². The van der Waals surface area contributed by atoms with Crippen LogP contribution in [0.15, 0.2) is 24.4 Å². The maximum Gasteiger partial charge on any atom is 0.350 e. The number of urea groups is 1. The van der Waals surface area contributed by atoms with E-state index in [0.29, 0.717) is 5.69 Å². The van der Waals surface area contributed by atoms with Crippen molar-refractivity contribution in [3.8, 4) is 0 Å². The molecule has 5 N–H and O–H groups in total. The Balaban J connectivity index is 2.38. The summed E-state index contributed by atoms with van der Waals surface area (Å²) in [6, 6.07) is 4.96. The lowest BCUT2D eigenvalue weighted by Gasteiger charge is -2.19. The maximum atomic E-state index is 11.6. The number of carbonyl (C=O) groups is 1. The Kier molecular flexibility index (Phi) is 4.69. The van der Waals surface area contributed by atoms with Crippen molar-refractivity contribution < 1.29 is 4.79 Å². The Morgan fingerprint density at radius 3 is 2.76 bits per heavy atom. The van der Waals surface area contributed by atoms with Crippen LogP contribution in [0.3, 0.4) is 0 Å². The highest BCUT2D eigenvalue weighted by Crippen LogP contribution is 2.25. The van der Waals surface area contributed by atoms with Crippen LogP contribution in [0.4, 0.5) is 10.5 Å². The molecule has 0 bridgehead atoms. The molecule has 0 aliphatic heterocycles. The Labute approximate surface area is 127 Å². The largest absolute Gasteiger partial charge is 0.350 e. The molecule has 0 saturated carbocycles. The third-order valence-corrected chi connectivity index (χ3v) is 3.81. The fraction of sp³-hybridized carbons (Fsp3) is 0.143. The van der Waals surface area contributed by atoms with Gasteiger partial charge in [0.15, 0.2) is 0 Å². The number of anilines is 1. The van der Waals surface area contributed by atoms with Crippen molar-refractivity contribution >= 4 is 35.2 Å². The zero-order valence-electron chi connectivity index (χ0n) is 11.8. The second kappa shape index (κ2) is 6.49. The number of nitrogens with zero attached hydrogens (tertiary/aromatic N) is 2. The lowest BCUT2D eigenvalue weighted by Crippen LogP contribution is -2.48. The summed E-state index contributed by atoms with van der Waals surface area (Å²) in [7, 11) is 0. The molecule has 2 amide bonds. The molecule has 1 aromatic heterocycles. The number of nitrogens with two attached hydrogens (primary N) is 2. The summed E-state index contributed by atoms with van der Waals surface area (Å²) in [6.45, 7) is 3.95. The predicted octanol–water partition coefficient (Wildman–Crippen LogP) is 2.19. The predicted molar refractivity (Wildman–Crippen MR) is 86.3 cm³/mol. The average Bonchev–Trinajstić information content (AvgIpc) is 2.89. The molecule has 21 heavy (non-hydrogen) atoms. The Bertz CT molecular complexity index is 680. The van der Waals surface area contributed by atoms with Gasteiger partial charge >= 0.3 is 6.03 Å². The lowest BCUT2D eigenvalue weighted by atomic mass is 10.1. The number of rotatable bonds is 3. The van der Waals surface area contributed by atoms with Crippen molar-refractivity contribution in [2.45, 2.75) is 13.8 Å². The second-order valence-electron chi connectivity index (χ2n) is 4.47. The van der Waals surface area contributed by atoms with Crippen molar-refractivity contribution in [1.29, 1.82) is 0 Å². The minimum atomic E-state index is -0.583. The average molecular weight is 303 g/mol. The fourth-order valence-corrected chi connectivity index (χ4v) is 2.55. The first-order chi connectivity index (χ1) is 10.0. The van der Waals surface area contributed by atoms with E-state index in [4.69, 9.17) is 11.7 Å². The molecule has 0 radical (unpaired) electrons. The van der Waals surface area contributed by atoms with Gasteiger partial charge in [0.1, 0.15) is 5.01 Å². The van der Waals surface area contributed by atoms with Gasteiger partial charge in [-0.25, -0.2) is 26.5 Å². The van der Waals surface area contributed by atoms with Gasteiger partial charge < -0.3 is 0 Å². The molecule has 0 saturated heterocycles. The van der Waals surface area contributed by atoms with Crippen LogP contribution in [-0.2, 0) is 0 Å². The quantitative estimate of drug-likeness (QED) is 0.460. The van der Waals surface area contributed by atoms with E-state index in [-0.39, 0.29) is 0 Å². The molecule has 1 heterocycles. The van der Waals surface area contributed by atoms with Gasteiger partial charge in [-0.3, -0.25) is 5.43 Å². The molecule has 2 aromatic rings. The number of aromatic nitrogens is 1. The number of benzene rings is 1. The molecular formula is C14H17N5OS. The first-order valence-electron chi connectivity index (χ1n) is 6.28. The minimum Gasteiger partial charge on any atom is -0.274 e. The van der Waals surface area contributed by atoms with E-state index in [1.807, 2.05) is 49.8 Å². The number of thiazole rings is 1. The number of hydrogen-bond donors (Lipinski definition) is 3. The topological polar surface area (TPSA) is 97.3 Å². The Hall–Kier alpha value is -2.22. The van der Waals surface area contributed by atoms with E-state index in [1.165, 1.54) is 0 Å². The zero-order valence-corrected chi connectivity index (χ0v) is 12.6. The second-order valence-corrected chi connectivity index (χ2v) is 5.74. The number of carbonyl (C=O) groups excluding carboxylic acids is 1. The third kappa shape index (κ3) is 3.46. The first-order valence-corrected chi connectivity index (χ1v) is 7.10. The SMILES string of the molecule is Cc1cnc(/C=C/c2c(C)cccc2N(N)C(=O)NN)s1. The van der Waals surface area contributed by atoms with Gasteiger partial charge in [0, 0.05) is 16.6 Å². The summed E-state index contributed by atoms with van der Waals surface area (Å²) in [5.41, 5.74) is 4.43. The normalized spacial score (nSPS) is 10.9. The van der Waals surface area contributed by atoms with Gasteiger partial charge in [-0.1, -0.05) is 12.1 Å². The lowest BCUT2D eigenvalue weighted by molar-refractivity contribution is 0.246. The Morgan fingerprint density at radius 2 is 2.14 bits per heavy atom. The van der Waals surface area contributed by atoms with Crippen LogP contribution in [0.25, 0.3) is 12.2 Å². The van der Waals surface area contributed by atoms with Crippen molar-refractivity contribution in [2.75, 3.05) is 5.01 Å². The highest BCUT2D eigenvalue weighted by molar-refractivity contribution is 7.12. The smallest absolute Gasteiger partial charge is 0.274 e. The number of amides is 2. The van der Waals surface area contributed by atoms with Gasteiger partial charge in [-0.05, 0) is 37.6 Å². The summed E-state index contributed by atoms with van der Waals surface area (Å²) < 4.78 is 0. The molecule has 7 heteroatoms. The van der Waals surface area contributed by atoms with Crippen molar-refractivity contribution in [3.05, 3.63) is 45.4 Å². The summed E-state index contributed by atoms with van der Waals surface area (Å²) in [4.78, 5) is 17.0. The molecule has 0 unspecified atom stereocenters. The fourth-order valence-electron chi connectivity index (χ4n) is 1.87. The van der Waals surface area contributed by atoms with E-state index in [9.17, 15) is 4.79 Å². The number of aryl methyl sites for hydroxylation is 2. The van der Waals surface area contributed by atoms with Crippen LogP contribution in [0.1, 0.15) is 21.0 Å². The maximum absolute atomic E-state index is 11.6. The van der Waals surface area contributed by atoms with Crippen molar-refractivity contribution in [1.82, 2.24) is 10.4 Å². The van der Waals surface area contributed by atoms with E-state index < -0.39 is 6.03 Å². The van der Waals surface area contributed by atoms with Crippen LogP contribution in [0, 0.1) is 13.8 Å². The summed E-state index contributed by atoms with van der Waals surface area (Å²) in [5.74, 6) is 10.9. The highest BCUT2D eigenvalue weighted by Gasteiger charge is 2.14. The zero-order chi connectivity index (χ0) is 15.4. The van der Waals surface area contributed by atoms with Crippen LogP contribution in [0.5, 0.6) is 0 Å². The monoisotopic (exact) mass is 303 g/mol. The first kappa shape index (κ1) is 15.2. The van der Waals surface area contributed by atoms with E-state index in [0.717, 1.165) is 26.0 Å². The van der Waals surface area contributed by atoms with Crippen LogP contribution in [-0.4, -0.2) is 11.0 Å². The molecule has 0 spiro atoms. The van der Waals surface area contributed by atoms with Crippen LogP contribution >= 0.6 is 11.3 Å². The summed E-state index contributed by atoms with van der Waals surface area (Å²) >= 11 is 1.60. The number of hydrogen-bond acceptors (Lipinski definition) is 5. The standard InChI is InChI=1S/C14H17N5OS/c1-9-4-3-5-12(19(16)14(20)18-15)11(9)6-7-13-17-8-10(2)21-13/h3-8H,15-16H2,1-2H3,(H,18,20)/b7-6+. The molecule has 0 aliphatic rings. The molecule has 6 nitrogen and oxygen atoms in total. The van der Waals surface area contributed by atoms with E-state index in [1.54, 1.807) is 17.4 Å². The molecule has 0 aliphatic carbocycles. The molecular weight excluding hydrogens is 286 g/mol. The molecule has 0 atom stereocenters. The van der Waals surface area contributed by atoms with Gasteiger partial charge in [0.2, 0.25) is 0 Å². The van der Waals surface area contributed by atoms with Crippen molar-refractivity contribution in [2.24, 2.45) is 11.7 Å². The molecule has 1 aromatic carbocycles. The molecule has 2 rings (SSSR count). The van der Waals surface area contributed by atoms with Gasteiger partial charge in [-0.2, -0.15) is 0 Å². The summed E-state index contributed by atoms with van der Waals surface area (Å²) in [6.07, 6.45) is 5.62. The van der Waals surface area contributed by atoms with Gasteiger partial charge in [0.25, 0.3) is 0 Å². The van der Waals surface area contributed by atoms with E-state index >= 15 is 0 Å². The molecule has 110 valence electrons. The highest BCUT2D eigenvalue weighted by atomic mass is 32.1. The molecule has 0 fully saturated rings.